The van der Waals surface area contributed by atoms with Gasteiger partial charge in [-0.15, -0.1) is 0 Å². The number of aliphatic carboxylic acids is 2. The van der Waals surface area contributed by atoms with Gasteiger partial charge in [-0.25, -0.2) is 9.59 Å². The van der Waals surface area contributed by atoms with Crippen LogP contribution in [0.1, 0.15) is 27.7 Å². The van der Waals surface area contributed by atoms with Crippen LogP contribution in [0.15, 0.2) is 0 Å². The summed E-state index contributed by atoms with van der Waals surface area (Å²) in [4.78, 5) is 22.1. The molecule has 2 atom stereocenters. The maximum absolute atomic E-state index is 11.1. The Morgan fingerprint density at radius 3 is 1.33 bits per heavy atom. The van der Waals surface area contributed by atoms with Gasteiger partial charge in [-0.05, 0) is 27.7 Å². The van der Waals surface area contributed by atoms with Crippen molar-refractivity contribution >= 4 is 11.9 Å². The molecule has 1 heterocycles. The van der Waals surface area contributed by atoms with Gasteiger partial charge in [0.1, 0.15) is 0 Å². The lowest BCUT2D eigenvalue weighted by Crippen LogP contribution is -2.57. The SMILES string of the molecule is CC1(C)O[C@](C)(C(=O)O)[C@@](C)(C(=O)O)O1. The van der Waals surface area contributed by atoms with E-state index in [0.29, 0.717) is 0 Å². The van der Waals surface area contributed by atoms with E-state index in [-0.39, 0.29) is 0 Å². The zero-order chi connectivity index (χ0) is 12.1. The predicted octanol–water partition coefficient (Wildman–Crippen LogP) is 0.456. The molecule has 1 saturated heterocycles. The fourth-order valence-electron chi connectivity index (χ4n) is 1.69. The molecule has 0 unspecified atom stereocenters. The largest absolute Gasteiger partial charge is 0.479 e. The second-order valence-corrected chi connectivity index (χ2v) is 4.28. The summed E-state index contributed by atoms with van der Waals surface area (Å²) in [7, 11) is 0. The highest BCUT2D eigenvalue weighted by Crippen LogP contribution is 2.44. The number of ether oxygens (including phenoxy) is 2. The van der Waals surface area contributed by atoms with Crippen molar-refractivity contribution < 1.29 is 29.3 Å². The van der Waals surface area contributed by atoms with Crippen molar-refractivity contribution in [2.75, 3.05) is 0 Å². The fourth-order valence-corrected chi connectivity index (χ4v) is 1.69. The Morgan fingerprint density at radius 2 is 1.13 bits per heavy atom. The van der Waals surface area contributed by atoms with Crippen LogP contribution in [-0.2, 0) is 19.1 Å². The van der Waals surface area contributed by atoms with Gasteiger partial charge in [0.15, 0.2) is 5.79 Å². The second-order valence-electron chi connectivity index (χ2n) is 4.28. The van der Waals surface area contributed by atoms with Crippen LogP contribution in [0.5, 0.6) is 0 Å². The molecule has 1 fully saturated rings. The first kappa shape index (κ1) is 11.9. The van der Waals surface area contributed by atoms with Crippen LogP contribution in [0.2, 0.25) is 0 Å². The summed E-state index contributed by atoms with van der Waals surface area (Å²) in [6.45, 7) is 5.33. The van der Waals surface area contributed by atoms with E-state index in [2.05, 4.69) is 0 Å². The number of carbonyl (C=O) groups is 2. The summed E-state index contributed by atoms with van der Waals surface area (Å²) in [6.07, 6.45) is 0. The molecule has 0 saturated carbocycles. The predicted molar refractivity (Wildman–Crippen MR) is 48.3 cm³/mol. The van der Waals surface area contributed by atoms with Gasteiger partial charge in [0.2, 0.25) is 11.2 Å². The molecule has 0 radical (unpaired) electrons. The van der Waals surface area contributed by atoms with Crippen molar-refractivity contribution in [2.24, 2.45) is 0 Å². The molecule has 0 amide bonds. The van der Waals surface area contributed by atoms with Crippen molar-refractivity contribution in [3.8, 4) is 0 Å². The normalized spacial score (nSPS) is 38.9. The maximum Gasteiger partial charge on any atom is 0.339 e. The molecule has 0 aromatic carbocycles. The molecular formula is C9H14O6. The highest BCUT2D eigenvalue weighted by molar-refractivity contribution is 5.91. The average molecular weight is 218 g/mol. The van der Waals surface area contributed by atoms with Crippen LogP contribution in [0.3, 0.4) is 0 Å². The van der Waals surface area contributed by atoms with Crippen LogP contribution >= 0.6 is 0 Å². The molecule has 2 N–H and O–H groups in total. The number of hydrogen-bond acceptors (Lipinski definition) is 4. The minimum atomic E-state index is -1.90. The lowest BCUT2D eigenvalue weighted by Gasteiger charge is -2.29. The maximum atomic E-state index is 11.1. The highest BCUT2D eigenvalue weighted by atomic mass is 16.8. The Labute approximate surface area is 86.8 Å². The first-order valence-electron chi connectivity index (χ1n) is 4.42. The van der Waals surface area contributed by atoms with E-state index in [4.69, 9.17) is 19.7 Å². The molecule has 0 spiro atoms. The third-order valence-corrected chi connectivity index (χ3v) is 2.63. The Balaban J connectivity index is 3.27. The molecule has 6 nitrogen and oxygen atoms in total. The van der Waals surface area contributed by atoms with Gasteiger partial charge in [-0.1, -0.05) is 0 Å². The van der Waals surface area contributed by atoms with Crippen LogP contribution in [0.25, 0.3) is 0 Å². The van der Waals surface area contributed by atoms with E-state index in [9.17, 15) is 9.59 Å². The monoisotopic (exact) mass is 218 g/mol. The molecule has 86 valence electrons. The molecule has 15 heavy (non-hydrogen) atoms. The van der Waals surface area contributed by atoms with Gasteiger partial charge >= 0.3 is 11.9 Å². The van der Waals surface area contributed by atoms with E-state index < -0.39 is 28.9 Å². The van der Waals surface area contributed by atoms with Gasteiger partial charge in [-0.3, -0.25) is 0 Å². The van der Waals surface area contributed by atoms with Gasteiger partial charge in [0, 0.05) is 0 Å². The van der Waals surface area contributed by atoms with E-state index in [0.717, 1.165) is 0 Å². The molecule has 1 aliphatic heterocycles. The van der Waals surface area contributed by atoms with Crippen LogP contribution < -0.4 is 0 Å². The van der Waals surface area contributed by atoms with Gasteiger partial charge in [-0.2, -0.15) is 0 Å². The third-order valence-electron chi connectivity index (χ3n) is 2.63. The highest BCUT2D eigenvalue weighted by Gasteiger charge is 2.67. The summed E-state index contributed by atoms with van der Waals surface area (Å²) < 4.78 is 10.3. The summed E-state index contributed by atoms with van der Waals surface area (Å²) >= 11 is 0. The van der Waals surface area contributed by atoms with Crippen LogP contribution in [0, 0.1) is 0 Å². The quantitative estimate of drug-likeness (QED) is 0.699. The summed E-state index contributed by atoms with van der Waals surface area (Å²) in [5.74, 6) is -3.96. The van der Waals surface area contributed by atoms with Gasteiger partial charge < -0.3 is 19.7 Å². The number of rotatable bonds is 2. The van der Waals surface area contributed by atoms with Crippen LogP contribution in [-0.4, -0.2) is 39.1 Å². The van der Waals surface area contributed by atoms with E-state index in [1.807, 2.05) is 0 Å². The van der Waals surface area contributed by atoms with Crippen molar-refractivity contribution in [1.82, 2.24) is 0 Å². The fraction of sp³-hybridized carbons (Fsp3) is 0.778. The van der Waals surface area contributed by atoms with Gasteiger partial charge in [0.05, 0.1) is 0 Å². The topological polar surface area (TPSA) is 93.1 Å². The van der Waals surface area contributed by atoms with Gasteiger partial charge in [0.25, 0.3) is 0 Å². The Hall–Kier alpha value is -1.14. The Kier molecular flexibility index (Phi) is 2.33. The minimum absolute atomic E-state index is 1.19. The second kappa shape index (κ2) is 2.93. The van der Waals surface area contributed by atoms with Crippen molar-refractivity contribution in [3.05, 3.63) is 0 Å². The number of carboxylic acids is 2. The third kappa shape index (κ3) is 1.49. The van der Waals surface area contributed by atoms with Crippen LogP contribution in [0.4, 0.5) is 0 Å². The zero-order valence-corrected chi connectivity index (χ0v) is 9.03. The number of hydrogen-bond donors (Lipinski definition) is 2. The Bertz CT molecular complexity index is 293. The van der Waals surface area contributed by atoms with E-state index >= 15 is 0 Å². The molecule has 0 bridgehead atoms. The molecule has 1 rings (SSSR count). The first-order chi connectivity index (χ1) is 6.55. The van der Waals surface area contributed by atoms with Crippen molar-refractivity contribution in [1.29, 1.82) is 0 Å². The molecule has 0 aliphatic carbocycles. The Morgan fingerprint density at radius 1 is 0.867 bits per heavy atom. The first-order valence-corrected chi connectivity index (χ1v) is 4.42. The minimum Gasteiger partial charge on any atom is -0.479 e. The summed E-state index contributed by atoms with van der Waals surface area (Å²) in [5.41, 5.74) is -3.80. The van der Waals surface area contributed by atoms with Crippen molar-refractivity contribution in [2.45, 2.75) is 44.7 Å². The average Bonchev–Trinajstić information content (AvgIpc) is 2.19. The van der Waals surface area contributed by atoms with E-state index in [1.54, 1.807) is 0 Å². The zero-order valence-electron chi connectivity index (χ0n) is 9.03. The lowest BCUT2D eigenvalue weighted by molar-refractivity contribution is -0.184. The molecule has 0 aromatic rings. The molecule has 6 heteroatoms. The summed E-state index contributed by atoms with van der Waals surface area (Å²) in [6, 6.07) is 0. The molecule has 0 aromatic heterocycles. The van der Waals surface area contributed by atoms with Crippen molar-refractivity contribution in [3.63, 3.8) is 0 Å². The lowest BCUT2D eigenvalue weighted by atomic mass is 9.86. The number of carboxylic acid groups (broad SMARTS) is 2. The van der Waals surface area contributed by atoms with E-state index in [1.165, 1.54) is 27.7 Å². The summed E-state index contributed by atoms with van der Waals surface area (Å²) in [5, 5.41) is 18.0. The smallest absolute Gasteiger partial charge is 0.339 e. The standard InChI is InChI=1S/C9H14O6/c1-7(2)14-8(3,5(10)11)9(4,15-7)6(12)13/h1-4H3,(H,10,11)(H,12,13)/t8-,9-/m1/s1. The molecule has 1 aliphatic rings. The molecular weight excluding hydrogens is 204 g/mol.